The third kappa shape index (κ3) is 5.10. The molecule has 1 heterocycles. The summed E-state index contributed by atoms with van der Waals surface area (Å²) < 4.78 is 0.921. The zero-order chi connectivity index (χ0) is 14.4. The van der Waals surface area contributed by atoms with Crippen LogP contribution < -0.4 is 5.32 Å². The Labute approximate surface area is 133 Å². The van der Waals surface area contributed by atoms with Gasteiger partial charge in [0.05, 0.1) is 0 Å². The maximum absolute atomic E-state index is 5.04. The van der Waals surface area contributed by atoms with E-state index < -0.39 is 0 Å². The number of anilines is 1. The molecule has 3 N–H and O–H groups in total. The van der Waals surface area contributed by atoms with E-state index in [0.717, 1.165) is 13.0 Å². The molecule has 4 nitrogen and oxygen atoms in total. The molecule has 0 saturated heterocycles. The van der Waals surface area contributed by atoms with Gasteiger partial charge in [0.1, 0.15) is 0 Å². The van der Waals surface area contributed by atoms with Crippen molar-refractivity contribution in [3.63, 3.8) is 0 Å². The van der Waals surface area contributed by atoms with Gasteiger partial charge in [0.2, 0.25) is 10.7 Å². The number of aromatic amines is 2. The molecule has 1 aliphatic rings. The number of nitrogens with one attached hydrogen (secondary N) is 3. The fourth-order valence-corrected chi connectivity index (χ4v) is 3.75. The normalized spacial score (nSPS) is 18.4. The predicted molar refractivity (Wildman–Crippen MR) is 88.5 cm³/mol. The van der Waals surface area contributed by atoms with Gasteiger partial charge in [-0.15, -0.1) is 0 Å². The second kappa shape index (κ2) is 7.47. The minimum Gasteiger partial charge on any atom is -0.356 e. The SMILES string of the molecule is [Si]C1(CCCNc2nc(=S)[nH]c(=S)[nH]2)CCCCCC1. The summed E-state index contributed by atoms with van der Waals surface area (Å²) in [5.41, 5.74) is 0. The van der Waals surface area contributed by atoms with Crippen LogP contribution in [0.2, 0.25) is 5.04 Å². The van der Waals surface area contributed by atoms with Crippen LogP contribution in [0.5, 0.6) is 0 Å². The fourth-order valence-electron chi connectivity index (χ4n) is 2.77. The number of nitrogens with zero attached hydrogens (tertiary/aromatic N) is 1. The number of H-pyrrole nitrogens is 2. The van der Waals surface area contributed by atoms with Gasteiger partial charge in [-0.05, 0) is 42.3 Å². The first kappa shape index (κ1) is 15.8. The van der Waals surface area contributed by atoms with E-state index in [1.807, 2.05) is 0 Å². The highest BCUT2D eigenvalue weighted by Crippen LogP contribution is 2.42. The third-order valence-corrected chi connectivity index (χ3v) is 5.00. The summed E-state index contributed by atoms with van der Waals surface area (Å²) in [6.45, 7) is 0.878. The second-order valence-corrected chi connectivity index (χ2v) is 7.43. The predicted octanol–water partition coefficient (Wildman–Crippen LogP) is 4.07. The Hall–Kier alpha value is -0.533. The van der Waals surface area contributed by atoms with Crippen LogP contribution in [0, 0.1) is 9.54 Å². The van der Waals surface area contributed by atoms with E-state index in [-0.39, 0.29) is 0 Å². The molecule has 1 saturated carbocycles. The van der Waals surface area contributed by atoms with Crippen molar-refractivity contribution in [2.45, 2.75) is 56.4 Å². The summed E-state index contributed by atoms with van der Waals surface area (Å²) >= 11 is 10.0. The Kier molecular flexibility index (Phi) is 5.92. The molecule has 109 valence electrons. The minimum absolute atomic E-state index is 0.339. The molecule has 7 heteroatoms. The van der Waals surface area contributed by atoms with Gasteiger partial charge in [-0.25, -0.2) is 0 Å². The van der Waals surface area contributed by atoms with Crippen LogP contribution in [0.1, 0.15) is 51.4 Å². The molecule has 1 aliphatic carbocycles. The summed E-state index contributed by atoms with van der Waals surface area (Å²) in [5.74, 6) is 0.655. The Morgan fingerprint density at radius 2 is 1.85 bits per heavy atom. The van der Waals surface area contributed by atoms with Crippen molar-refractivity contribution in [2.75, 3.05) is 11.9 Å². The quantitative estimate of drug-likeness (QED) is 0.330. The molecule has 1 aromatic heterocycles. The van der Waals surface area contributed by atoms with Crippen molar-refractivity contribution in [2.24, 2.45) is 0 Å². The van der Waals surface area contributed by atoms with E-state index in [1.165, 1.54) is 44.9 Å². The zero-order valence-corrected chi connectivity index (χ0v) is 14.3. The van der Waals surface area contributed by atoms with Gasteiger partial charge in [0.15, 0.2) is 4.77 Å². The van der Waals surface area contributed by atoms with Crippen LogP contribution in [0.25, 0.3) is 0 Å². The minimum atomic E-state index is 0.339. The highest BCUT2D eigenvalue weighted by molar-refractivity contribution is 7.71. The number of rotatable bonds is 5. The summed E-state index contributed by atoms with van der Waals surface area (Å²) in [6.07, 6.45) is 10.3. The lowest BCUT2D eigenvalue weighted by atomic mass is 9.93. The molecule has 2 rings (SSSR count). The smallest absolute Gasteiger partial charge is 0.205 e. The Bertz CT molecular complexity index is 503. The molecule has 0 atom stereocenters. The average molecular weight is 326 g/mol. The van der Waals surface area contributed by atoms with Gasteiger partial charge in [-0.3, -0.25) is 0 Å². The molecule has 0 aliphatic heterocycles. The van der Waals surface area contributed by atoms with Crippen LogP contribution in [-0.4, -0.2) is 31.7 Å². The maximum atomic E-state index is 5.04. The van der Waals surface area contributed by atoms with Gasteiger partial charge in [-0.2, -0.15) is 4.98 Å². The van der Waals surface area contributed by atoms with Crippen molar-refractivity contribution in [1.29, 1.82) is 0 Å². The first-order valence-electron chi connectivity index (χ1n) is 7.27. The molecule has 0 unspecified atom stereocenters. The topological polar surface area (TPSA) is 56.5 Å². The van der Waals surface area contributed by atoms with Gasteiger partial charge >= 0.3 is 0 Å². The van der Waals surface area contributed by atoms with Gasteiger partial charge in [0.25, 0.3) is 0 Å². The first-order valence-corrected chi connectivity index (χ1v) is 8.59. The summed E-state index contributed by atoms with van der Waals surface area (Å²) in [7, 11) is 4.02. The molecule has 3 radical (unpaired) electrons. The fraction of sp³-hybridized carbons (Fsp3) is 0.769. The summed E-state index contributed by atoms with van der Waals surface area (Å²) in [5, 5.41) is 3.60. The van der Waals surface area contributed by atoms with Crippen molar-refractivity contribution in [3.8, 4) is 0 Å². The van der Waals surface area contributed by atoms with Crippen molar-refractivity contribution in [1.82, 2.24) is 15.0 Å². The molecular formula is C13H21N4S2Si. The molecule has 1 aromatic rings. The van der Waals surface area contributed by atoms with E-state index >= 15 is 0 Å². The van der Waals surface area contributed by atoms with Crippen LogP contribution in [0.3, 0.4) is 0 Å². The number of hydrogen-bond acceptors (Lipinski definition) is 4. The Morgan fingerprint density at radius 3 is 2.50 bits per heavy atom. The highest BCUT2D eigenvalue weighted by Gasteiger charge is 2.24. The lowest BCUT2D eigenvalue weighted by Gasteiger charge is -2.27. The van der Waals surface area contributed by atoms with Crippen LogP contribution in [0.4, 0.5) is 5.95 Å². The lowest BCUT2D eigenvalue weighted by Crippen LogP contribution is -2.15. The molecule has 1 fully saturated rings. The third-order valence-electron chi connectivity index (χ3n) is 3.85. The second-order valence-electron chi connectivity index (χ2n) is 5.57. The van der Waals surface area contributed by atoms with Gasteiger partial charge < -0.3 is 15.3 Å². The van der Waals surface area contributed by atoms with E-state index in [1.54, 1.807) is 0 Å². The van der Waals surface area contributed by atoms with Crippen molar-refractivity contribution >= 4 is 40.6 Å². The Balaban J connectivity index is 1.78. The zero-order valence-electron chi connectivity index (χ0n) is 11.6. The largest absolute Gasteiger partial charge is 0.356 e. The summed E-state index contributed by atoms with van der Waals surface area (Å²) in [6, 6.07) is 0. The van der Waals surface area contributed by atoms with Crippen molar-refractivity contribution in [3.05, 3.63) is 9.54 Å². The summed E-state index contributed by atoms with van der Waals surface area (Å²) in [4.78, 5) is 9.91. The monoisotopic (exact) mass is 325 g/mol. The highest BCUT2D eigenvalue weighted by atomic mass is 32.1. The van der Waals surface area contributed by atoms with Crippen LogP contribution >= 0.6 is 24.4 Å². The maximum Gasteiger partial charge on any atom is 0.205 e. The van der Waals surface area contributed by atoms with E-state index in [9.17, 15) is 0 Å². The van der Waals surface area contributed by atoms with Crippen LogP contribution in [0.15, 0.2) is 0 Å². The van der Waals surface area contributed by atoms with E-state index in [0.29, 0.717) is 20.5 Å². The molecule has 0 aromatic carbocycles. The van der Waals surface area contributed by atoms with Crippen LogP contribution in [-0.2, 0) is 0 Å². The number of hydrogen-bond donors (Lipinski definition) is 3. The molecule has 0 spiro atoms. The van der Waals surface area contributed by atoms with Crippen molar-refractivity contribution < 1.29 is 0 Å². The standard InChI is InChI=1S/C13H21N4S2Si/c18-11-15-10(16-12(19)17-11)14-9-5-8-13(20)6-3-1-2-4-7-13/h1-9H2,(H3,14,15,16,17,18,19). The van der Waals surface area contributed by atoms with Gasteiger partial charge in [0, 0.05) is 16.8 Å². The average Bonchev–Trinajstić information content (AvgIpc) is 2.59. The first-order chi connectivity index (χ1) is 9.57. The van der Waals surface area contributed by atoms with E-state index in [4.69, 9.17) is 24.4 Å². The number of aromatic nitrogens is 3. The molecule has 0 amide bonds. The van der Waals surface area contributed by atoms with E-state index in [2.05, 4.69) is 30.5 Å². The Morgan fingerprint density at radius 1 is 1.15 bits per heavy atom. The lowest BCUT2D eigenvalue weighted by molar-refractivity contribution is 0.444. The molecule has 20 heavy (non-hydrogen) atoms. The van der Waals surface area contributed by atoms with Gasteiger partial charge in [-0.1, -0.05) is 38.5 Å². The molecular weight excluding hydrogens is 304 g/mol. The molecule has 0 bridgehead atoms.